The van der Waals surface area contributed by atoms with Gasteiger partial charge in [-0.1, -0.05) is 20.3 Å². The van der Waals surface area contributed by atoms with Crippen molar-refractivity contribution in [2.24, 2.45) is 5.92 Å². The topological polar surface area (TPSA) is 41.5 Å². The smallest absolute Gasteiger partial charge is 0.0897 e. The third kappa shape index (κ3) is 9.13. The number of hydrogen-bond donors (Lipinski definition) is 2. The van der Waals surface area contributed by atoms with E-state index in [0.717, 1.165) is 12.3 Å². The first-order valence-corrected chi connectivity index (χ1v) is 6.48. The molecule has 0 aromatic rings. The molecule has 98 valence electrons. The average Bonchev–Trinajstić information content (AvgIpc) is 2.23. The van der Waals surface area contributed by atoms with E-state index in [0.29, 0.717) is 19.2 Å². The highest BCUT2D eigenvalue weighted by atomic mass is 16.5. The Hall–Kier alpha value is -0.120. The molecule has 0 rings (SSSR count). The van der Waals surface area contributed by atoms with Gasteiger partial charge in [0.25, 0.3) is 0 Å². The van der Waals surface area contributed by atoms with Crippen molar-refractivity contribution in [2.45, 2.75) is 65.7 Å². The van der Waals surface area contributed by atoms with Crippen LogP contribution in [0, 0.1) is 5.92 Å². The maximum Gasteiger partial charge on any atom is 0.0897 e. The SMILES string of the molecule is CCC(C)CC(C)NCC(O)COC(C)C. The van der Waals surface area contributed by atoms with Gasteiger partial charge in [-0.25, -0.2) is 0 Å². The second-order valence-electron chi connectivity index (χ2n) is 5.09. The monoisotopic (exact) mass is 231 g/mol. The molecule has 0 aliphatic heterocycles. The fourth-order valence-corrected chi connectivity index (χ4v) is 1.55. The molecule has 0 aliphatic rings. The van der Waals surface area contributed by atoms with Gasteiger partial charge in [-0.05, 0) is 33.1 Å². The van der Waals surface area contributed by atoms with Gasteiger partial charge in [-0.3, -0.25) is 0 Å². The van der Waals surface area contributed by atoms with Crippen molar-refractivity contribution in [1.29, 1.82) is 0 Å². The zero-order valence-corrected chi connectivity index (χ0v) is 11.5. The highest BCUT2D eigenvalue weighted by Crippen LogP contribution is 2.09. The molecule has 0 aromatic heterocycles. The number of hydrogen-bond acceptors (Lipinski definition) is 3. The molecule has 2 N–H and O–H groups in total. The van der Waals surface area contributed by atoms with Crippen molar-refractivity contribution < 1.29 is 9.84 Å². The highest BCUT2D eigenvalue weighted by molar-refractivity contribution is 4.67. The lowest BCUT2D eigenvalue weighted by Crippen LogP contribution is -2.37. The van der Waals surface area contributed by atoms with Crippen LogP contribution in [0.2, 0.25) is 0 Å². The molecule has 0 heterocycles. The molecule has 0 radical (unpaired) electrons. The molecule has 3 unspecified atom stereocenters. The highest BCUT2D eigenvalue weighted by Gasteiger charge is 2.10. The minimum Gasteiger partial charge on any atom is -0.389 e. The summed E-state index contributed by atoms with van der Waals surface area (Å²) in [5.41, 5.74) is 0. The zero-order chi connectivity index (χ0) is 12.6. The van der Waals surface area contributed by atoms with E-state index < -0.39 is 6.10 Å². The largest absolute Gasteiger partial charge is 0.389 e. The van der Waals surface area contributed by atoms with E-state index in [9.17, 15) is 5.11 Å². The Morgan fingerprint density at radius 2 is 1.81 bits per heavy atom. The average molecular weight is 231 g/mol. The Kier molecular flexibility index (Phi) is 8.90. The van der Waals surface area contributed by atoms with Crippen molar-refractivity contribution in [3.63, 3.8) is 0 Å². The molecule has 0 spiro atoms. The van der Waals surface area contributed by atoms with E-state index in [1.54, 1.807) is 0 Å². The predicted octanol–water partition coefficient (Wildman–Crippen LogP) is 2.19. The van der Waals surface area contributed by atoms with E-state index in [1.165, 1.54) is 6.42 Å². The third-order valence-electron chi connectivity index (χ3n) is 2.78. The molecular weight excluding hydrogens is 202 g/mol. The summed E-state index contributed by atoms with van der Waals surface area (Å²) in [4.78, 5) is 0. The van der Waals surface area contributed by atoms with E-state index >= 15 is 0 Å². The molecule has 0 aromatic carbocycles. The number of aliphatic hydroxyl groups is 1. The van der Waals surface area contributed by atoms with Crippen LogP contribution in [0.5, 0.6) is 0 Å². The second-order valence-corrected chi connectivity index (χ2v) is 5.09. The Labute approximate surface area is 101 Å². The zero-order valence-electron chi connectivity index (χ0n) is 11.5. The quantitative estimate of drug-likeness (QED) is 0.639. The van der Waals surface area contributed by atoms with Gasteiger partial charge in [-0.2, -0.15) is 0 Å². The maximum atomic E-state index is 9.65. The van der Waals surface area contributed by atoms with Gasteiger partial charge in [0, 0.05) is 12.6 Å². The van der Waals surface area contributed by atoms with Crippen molar-refractivity contribution in [3.05, 3.63) is 0 Å². The molecule has 0 amide bonds. The molecule has 3 heteroatoms. The molecular formula is C13H29NO2. The van der Waals surface area contributed by atoms with Crippen LogP contribution in [-0.2, 0) is 4.74 Å². The van der Waals surface area contributed by atoms with Gasteiger partial charge in [0.2, 0.25) is 0 Å². The normalized spacial score (nSPS) is 17.4. The van der Waals surface area contributed by atoms with Crippen LogP contribution in [0.1, 0.15) is 47.5 Å². The first-order valence-electron chi connectivity index (χ1n) is 6.48. The van der Waals surface area contributed by atoms with E-state index in [-0.39, 0.29) is 6.10 Å². The Morgan fingerprint density at radius 3 is 2.31 bits per heavy atom. The summed E-state index contributed by atoms with van der Waals surface area (Å²) in [6.45, 7) is 11.6. The molecule has 0 saturated carbocycles. The van der Waals surface area contributed by atoms with Gasteiger partial charge >= 0.3 is 0 Å². The van der Waals surface area contributed by atoms with Crippen molar-refractivity contribution in [2.75, 3.05) is 13.2 Å². The van der Waals surface area contributed by atoms with E-state index in [4.69, 9.17) is 4.74 Å². The molecule has 0 bridgehead atoms. The first kappa shape index (κ1) is 15.9. The maximum absolute atomic E-state index is 9.65. The summed E-state index contributed by atoms with van der Waals surface area (Å²) in [6, 6.07) is 0.462. The summed E-state index contributed by atoms with van der Waals surface area (Å²) in [5, 5.41) is 13.0. The minimum absolute atomic E-state index is 0.187. The van der Waals surface area contributed by atoms with Crippen LogP contribution in [0.25, 0.3) is 0 Å². The van der Waals surface area contributed by atoms with Crippen LogP contribution in [0.3, 0.4) is 0 Å². The van der Waals surface area contributed by atoms with Crippen molar-refractivity contribution >= 4 is 0 Å². The molecule has 3 atom stereocenters. The van der Waals surface area contributed by atoms with Crippen LogP contribution in [0.4, 0.5) is 0 Å². The Bertz CT molecular complexity index is 162. The number of rotatable bonds is 9. The summed E-state index contributed by atoms with van der Waals surface area (Å²) in [7, 11) is 0. The number of ether oxygens (including phenoxy) is 1. The molecule has 0 saturated heterocycles. The van der Waals surface area contributed by atoms with Crippen LogP contribution < -0.4 is 5.32 Å². The van der Waals surface area contributed by atoms with E-state index in [1.807, 2.05) is 13.8 Å². The Balaban J connectivity index is 3.54. The Morgan fingerprint density at radius 1 is 1.19 bits per heavy atom. The summed E-state index contributed by atoms with van der Waals surface area (Å²) in [5.74, 6) is 0.742. The molecule has 0 fully saturated rings. The summed E-state index contributed by atoms with van der Waals surface area (Å²) < 4.78 is 5.35. The van der Waals surface area contributed by atoms with Crippen LogP contribution in [0.15, 0.2) is 0 Å². The number of nitrogens with one attached hydrogen (secondary N) is 1. The fourth-order valence-electron chi connectivity index (χ4n) is 1.55. The molecule has 16 heavy (non-hydrogen) atoms. The number of aliphatic hydroxyl groups excluding tert-OH is 1. The summed E-state index contributed by atoms with van der Waals surface area (Å²) >= 11 is 0. The minimum atomic E-state index is -0.401. The third-order valence-corrected chi connectivity index (χ3v) is 2.78. The van der Waals surface area contributed by atoms with Gasteiger partial charge in [0.05, 0.1) is 18.8 Å². The lowest BCUT2D eigenvalue weighted by molar-refractivity contribution is 0.00541. The van der Waals surface area contributed by atoms with Gasteiger partial charge in [0.1, 0.15) is 0 Å². The van der Waals surface area contributed by atoms with Gasteiger partial charge < -0.3 is 15.2 Å². The standard InChI is InChI=1S/C13H29NO2/c1-6-11(4)7-12(5)14-8-13(15)9-16-10(2)3/h10-15H,6-9H2,1-5H3. The summed E-state index contributed by atoms with van der Waals surface area (Å²) in [6.07, 6.45) is 2.16. The van der Waals surface area contributed by atoms with Gasteiger partial charge in [-0.15, -0.1) is 0 Å². The lowest BCUT2D eigenvalue weighted by atomic mass is 10.0. The molecule has 3 nitrogen and oxygen atoms in total. The second kappa shape index (κ2) is 8.97. The van der Waals surface area contributed by atoms with Gasteiger partial charge in [0.15, 0.2) is 0 Å². The van der Waals surface area contributed by atoms with Crippen molar-refractivity contribution in [3.8, 4) is 0 Å². The van der Waals surface area contributed by atoms with Crippen molar-refractivity contribution in [1.82, 2.24) is 5.32 Å². The van der Waals surface area contributed by atoms with Crippen LogP contribution in [-0.4, -0.2) is 36.5 Å². The molecule has 0 aliphatic carbocycles. The predicted molar refractivity (Wildman–Crippen MR) is 68.6 cm³/mol. The van der Waals surface area contributed by atoms with Crippen LogP contribution >= 0.6 is 0 Å². The van der Waals surface area contributed by atoms with E-state index in [2.05, 4.69) is 26.1 Å². The first-order chi connectivity index (χ1) is 7.45. The fraction of sp³-hybridized carbons (Fsp3) is 1.00. The lowest BCUT2D eigenvalue weighted by Gasteiger charge is -2.20.